The third-order valence-electron chi connectivity index (χ3n) is 4.78. The number of anilines is 1. The second-order valence-corrected chi connectivity index (χ2v) is 7.53. The van der Waals surface area contributed by atoms with Crippen molar-refractivity contribution < 1.29 is 4.79 Å². The molecule has 0 atom stereocenters. The van der Waals surface area contributed by atoms with Gasteiger partial charge in [0.1, 0.15) is 0 Å². The summed E-state index contributed by atoms with van der Waals surface area (Å²) in [5, 5.41) is 6.69. The molecule has 7 heteroatoms. The van der Waals surface area contributed by atoms with Crippen molar-refractivity contribution in [3.8, 4) is 11.1 Å². The molecular formula is C25H22ClN5O. The quantitative estimate of drug-likeness (QED) is 0.284. The van der Waals surface area contributed by atoms with E-state index >= 15 is 0 Å². The van der Waals surface area contributed by atoms with Crippen LogP contribution in [0.4, 0.5) is 5.69 Å². The summed E-state index contributed by atoms with van der Waals surface area (Å²) in [7, 11) is 0. The van der Waals surface area contributed by atoms with Gasteiger partial charge < -0.3 is 10.3 Å². The topological polar surface area (TPSA) is 82.2 Å². The van der Waals surface area contributed by atoms with Gasteiger partial charge in [0.15, 0.2) is 0 Å². The fourth-order valence-corrected chi connectivity index (χ4v) is 3.27. The lowest BCUT2D eigenvalue weighted by Gasteiger charge is -2.13. The number of guanidine groups is 1. The Morgan fingerprint density at radius 1 is 0.969 bits per heavy atom. The molecule has 4 aromatic rings. The van der Waals surface area contributed by atoms with Crippen LogP contribution in [0, 0.1) is 0 Å². The highest BCUT2D eigenvalue weighted by atomic mass is 35.5. The second-order valence-electron chi connectivity index (χ2n) is 7.09. The number of aromatic amines is 1. The van der Waals surface area contributed by atoms with E-state index in [1.165, 1.54) is 0 Å². The van der Waals surface area contributed by atoms with Crippen molar-refractivity contribution >= 4 is 29.2 Å². The molecular weight excluding hydrogens is 422 g/mol. The Morgan fingerprint density at radius 2 is 1.75 bits per heavy atom. The first kappa shape index (κ1) is 21.3. The van der Waals surface area contributed by atoms with E-state index in [2.05, 4.69) is 37.7 Å². The normalized spacial score (nSPS) is 11.2. The predicted molar refractivity (Wildman–Crippen MR) is 129 cm³/mol. The van der Waals surface area contributed by atoms with Gasteiger partial charge in [-0.25, -0.2) is 4.98 Å². The molecule has 1 heterocycles. The molecule has 0 radical (unpaired) electrons. The summed E-state index contributed by atoms with van der Waals surface area (Å²) in [6.07, 6.45) is 4.07. The first-order valence-corrected chi connectivity index (χ1v) is 10.6. The molecule has 3 aromatic carbocycles. The molecule has 4 rings (SSSR count). The summed E-state index contributed by atoms with van der Waals surface area (Å²) >= 11 is 5.94. The van der Waals surface area contributed by atoms with Crippen LogP contribution in [-0.2, 0) is 6.42 Å². The number of rotatable bonds is 6. The molecule has 6 nitrogen and oxygen atoms in total. The van der Waals surface area contributed by atoms with Crippen molar-refractivity contribution in [1.29, 1.82) is 0 Å². The lowest BCUT2D eigenvalue weighted by molar-refractivity contribution is 0.0977. The molecule has 0 aliphatic rings. The monoisotopic (exact) mass is 443 g/mol. The van der Waals surface area contributed by atoms with Crippen LogP contribution in [0.2, 0.25) is 5.02 Å². The summed E-state index contributed by atoms with van der Waals surface area (Å²) < 4.78 is 0. The Labute approximate surface area is 191 Å². The van der Waals surface area contributed by atoms with Gasteiger partial charge in [0.05, 0.1) is 6.33 Å². The first-order valence-electron chi connectivity index (χ1n) is 10.2. The van der Waals surface area contributed by atoms with E-state index in [0.29, 0.717) is 29.5 Å². The van der Waals surface area contributed by atoms with E-state index in [9.17, 15) is 4.79 Å². The summed E-state index contributed by atoms with van der Waals surface area (Å²) in [5.74, 6) is 0.100. The van der Waals surface area contributed by atoms with Gasteiger partial charge in [-0.3, -0.25) is 15.1 Å². The smallest absolute Gasteiger partial charge is 0.257 e. The molecule has 0 aliphatic heterocycles. The molecule has 0 unspecified atom stereocenters. The number of carbonyl (C=O) groups excluding carboxylic acids is 1. The number of aromatic nitrogens is 2. The van der Waals surface area contributed by atoms with E-state index in [-0.39, 0.29) is 5.91 Å². The molecule has 1 aromatic heterocycles. The number of hydrogen-bond donors (Lipinski definition) is 3. The molecule has 160 valence electrons. The van der Waals surface area contributed by atoms with E-state index in [1.54, 1.807) is 36.8 Å². The van der Waals surface area contributed by atoms with Gasteiger partial charge in [-0.1, -0.05) is 54.1 Å². The van der Waals surface area contributed by atoms with Crippen molar-refractivity contribution in [2.45, 2.75) is 6.42 Å². The van der Waals surface area contributed by atoms with Crippen molar-refractivity contribution in [3.63, 3.8) is 0 Å². The number of halogens is 1. The second kappa shape index (κ2) is 10.4. The molecule has 0 bridgehead atoms. The van der Waals surface area contributed by atoms with Crippen molar-refractivity contribution in [3.05, 3.63) is 108 Å². The number of nitrogens with one attached hydrogen (secondary N) is 3. The summed E-state index contributed by atoms with van der Waals surface area (Å²) in [6, 6.07) is 24.8. The Balaban J connectivity index is 1.53. The Morgan fingerprint density at radius 3 is 2.50 bits per heavy atom. The first-order chi connectivity index (χ1) is 15.7. The number of aliphatic imine (C=N–C) groups is 1. The summed E-state index contributed by atoms with van der Waals surface area (Å²) in [6.45, 7) is 0.476. The summed E-state index contributed by atoms with van der Waals surface area (Å²) in [5.41, 5.74) is 4.47. The highest BCUT2D eigenvalue weighted by Crippen LogP contribution is 2.22. The maximum atomic E-state index is 12.7. The van der Waals surface area contributed by atoms with E-state index in [4.69, 9.17) is 11.6 Å². The summed E-state index contributed by atoms with van der Waals surface area (Å²) in [4.78, 5) is 24.4. The highest BCUT2D eigenvalue weighted by Gasteiger charge is 2.10. The zero-order valence-corrected chi connectivity index (χ0v) is 18.0. The van der Waals surface area contributed by atoms with Crippen LogP contribution >= 0.6 is 11.6 Å². The third kappa shape index (κ3) is 5.83. The third-order valence-corrected chi connectivity index (χ3v) is 5.03. The molecule has 0 saturated carbocycles. The van der Waals surface area contributed by atoms with Crippen molar-refractivity contribution in [2.75, 3.05) is 11.9 Å². The largest absolute Gasteiger partial charge is 0.348 e. The number of hydrogen-bond acceptors (Lipinski definition) is 3. The molecule has 32 heavy (non-hydrogen) atoms. The van der Waals surface area contributed by atoms with Gasteiger partial charge in [-0.05, 0) is 47.5 Å². The van der Waals surface area contributed by atoms with Gasteiger partial charge in [0.25, 0.3) is 5.91 Å². The molecule has 0 fully saturated rings. The van der Waals surface area contributed by atoms with Crippen LogP contribution in [0.15, 0.2) is 96.4 Å². The van der Waals surface area contributed by atoms with Crippen LogP contribution in [0.25, 0.3) is 11.1 Å². The fourth-order valence-electron chi connectivity index (χ4n) is 3.14. The standard InChI is InChI=1S/C25H22ClN5O/c26-21-11-9-19(10-12-21)24(32)31-25(28-14-13-23-16-27-17-29-23)30-22-8-4-7-20(15-22)18-5-2-1-3-6-18/h1-12,15-17H,13-14H2,(H,27,29)(H2,28,30,31,32). The SMILES string of the molecule is O=C(NC(=NCCc1cnc[nH]1)Nc1cccc(-c2ccccc2)c1)c1ccc(Cl)cc1. The van der Waals surface area contributed by atoms with Crippen LogP contribution in [-0.4, -0.2) is 28.4 Å². The van der Waals surface area contributed by atoms with Gasteiger partial charge >= 0.3 is 0 Å². The van der Waals surface area contributed by atoms with Gasteiger partial charge in [-0.15, -0.1) is 0 Å². The Hall–Kier alpha value is -3.90. The minimum absolute atomic E-state index is 0.270. The van der Waals surface area contributed by atoms with Gasteiger partial charge in [-0.2, -0.15) is 0 Å². The van der Waals surface area contributed by atoms with E-state index in [0.717, 1.165) is 22.5 Å². The zero-order valence-electron chi connectivity index (χ0n) is 17.3. The number of amides is 1. The zero-order chi connectivity index (χ0) is 22.2. The maximum Gasteiger partial charge on any atom is 0.257 e. The number of H-pyrrole nitrogens is 1. The predicted octanol–water partition coefficient (Wildman–Crippen LogP) is 5.17. The van der Waals surface area contributed by atoms with Gasteiger partial charge in [0.2, 0.25) is 5.96 Å². The van der Waals surface area contributed by atoms with Crippen LogP contribution < -0.4 is 10.6 Å². The number of benzene rings is 3. The van der Waals surface area contributed by atoms with E-state index < -0.39 is 0 Å². The number of nitrogens with zero attached hydrogens (tertiary/aromatic N) is 2. The minimum atomic E-state index is -0.270. The Kier molecular flexibility index (Phi) is 6.94. The van der Waals surface area contributed by atoms with E-state index in [1.807, 2.05) is 42.5 Å². The molecule has 3 N–H and O–H groups in total. The average Bonchev–Trinajstić information content (AvgIpc) is 3.34. The lowest BCUT2D eigenvalue weighted by atomic mass is 10.1. The molecule has 0 saturated heterocycles. The number of carbonyl (C=O) groups is 1. The van der Waals surface area contributed by atoms with Crippen molar-refractivity contribution in [1.82, 2.24) is 15.3 Å². The maximum absolute atomic E-state index is 12.7. The molecule has 1 amide bonds. The lowest BCUT2D eigenvalue weighted by Crippen LogP contribution is -2.36. The Bertz CT molecular complexity index is 1190. The average molecular weight is 444 g/mol. The fraction of sp³-hybridized carbons (Fsp3) is 0.0800. The van der Waals surface area contributed by atoms with Crippen LogP contribution in [0.3, 0.4) is 0 Å². The van der Waals surface area contributed by atoms with Crippen LogP contribution in [0.1, 0.15) is 16.1 Å². The van der Waals surface area contributed by atoms with Crippen molar-refractivity contribution in [2.24, 2.45) is 4.99 Å². The highest BCUT2D eigenvalue weighted by molar-refractivity contribution is 6.30. The minimum Gasteiger partial charge on any atom is -0.348 e. The van der Waals surface area contributed by atoms with Crippen LogP contribution in [0.5, 0.6) is 0 Å². The number of imidazole rings is 1. The van der Waals surface area contributed by atoms with Gasteiger partial charge in [0, 0.05) is 41.1 Å². The molecule has 0 spiro atoms. The molecule has 0 aliphatic carbocycles.